The molecular weight excluding hydrogens is 164 g/mol. The molecule has 0 aliphatic carbocycles. The summed E-state index contributed by atoms with van der Waals surface area (Å²) in [6.07, 6.45) is 1.02. The molecule has 3 heteroatoms. The molecule has 1 aromatic rings. The van der Waals surface area contributed by atoms with Crippen molar-refractivity contribution in [2.45, 2.75) is 13.3 Å². The second-order valence-corrected chi connectivity index (χ2v) is 2.67. The van der Waals surface area contributed by atoms with Gasteiger partial charge in [-0.3, -0.25) is 0 Å². The standard InChI is InChI=1S/C10H14N2O/c1-3-7-11-12-9-5-4-6-10(8-9)13-2/h4-6,8H,3,7H2,1-2H3. The minimum absolute atomic E-state index is 0.775. The Kier molecular flexibility index (Phi) is 3.96. The van der Waals surface area contributed by atoms with Gasteiger partial charge in [-0.15, -0.1) is 0 Å². The Balaban J connectivity index is 2.66. The van der Waals surface area contributed by atoms with Gasteiger partial charge in [-0.2, -0.15) is 10.2 Å². The van der Waals surface area contributed by atoms with Crippen LogP contribution in [0.1, 0.15) is 13.3 Å². The third kappa shape index (κ3) is 3.23. The number of azo groups is 1. The Morgan fingerprint density at radius 2 is 2.23 bits per heavy atom. The molecule has 1 rings (SSSR count). The van der Waals surface area contributed by atoms with Crippen molar-refractivity contribution in [2.75, 3.05) is 13.7 Å². The number of hydrogen-bond acceptors (Lipinski definition) is 3. The van der Waals surface area contributed by atoms with Gasteiger partial charge in [0, 0.05) is 6.07 Å². The molecule has 0 bridgehead atoms. The predicted octanol–water partition coefficient (Wildman–Crippen LogP) is 3.19. The van der Waals surface area contributed by atoms with E-state index in [0.717, 1.165) is 24.4 Å². The smallest absolute Gasteiger partial charge is 0.121 e. The number of rotatable bonds is 4. The summed E-state index contributed by atoms with van der Waals surface area (Å²) in [5, 5.41) is 8.05. The fourth-order valence-corrected chi connectivity index (χ4v) is 0.904. The van der Waals surface area contributed by atoms with Gasteiger partial charge in [-0.25, -0.2) is 0 Å². The van der Waals surface area contributed by atoms with Crippen LogP contribution in [0.25, 0.3) is 0 Å². The van der Waals surface area contributed by atoms with Crippen molar-refractivity contribution in [3.8, 4) is 5.75 Å². The molecule has 0 amide bonds. The van der Waals surface area contributed by atoms with Crippen molar-refractivity contribution in [3.05, 3.63) is 24.3 Å². The normalized spacial score (nSPS) is 10.6. The van der Waals surface area contributed by atoms with Gasteiger partial charge in [-0.05, 0) is 18.6 Å². The second kappa shape index (κ2) is 5.30. The summed E-state index contributed by atoms with van der Waals surface area (Å²) in [5.41, 5.74) is 0.841. The van der Waals surface area contributed by atoms with Crippen LogP contribution in [-0.2, 0) is 0 Å². The summed E-state index contributed by atoms with van der Waals surface area (Å²) in [4.78, 5) is 0. The lowest BCUT2D eigenvalue weighted by Gasteiger charge is -1.98. The molecule has 0 fully saturated rings. The highest BCUT2D eigenvalue weighted by molar-refractivity contribution is 5.42. The summed E-state index contributed by atoms with van der Waals surface area (Å²) >= 11 is 0. The van der Waals surface area contributed by atoms with E-state index >= 15 is 0 Å². The van der Waals surface area contributed by atoms with Gasteiger partial charge < -0.3 is 4.74 Å². The van der Waals surface area contributed by atoms with E-state index in [2.05, 4.69) is 17.2 Å². The Bertz CT molecular complexity index is 284. The quantitative estimate of drug-likeness (QED) is 0.652. The third-order valence-corrected chi connectivity index (χ3v) is 1.56. The van der Waals surface area contributed by atoms with Gasteiger partial charge in [-0.1, -0.05) is 13.0 Å². The zero-order valence-electron chi connectivity index (χ0n) is 8.03. The van der Waals surface area contributed by atoms with E-state index in [4.69, 9.17) is 4.74 Å². The molecule has 0 heterocycles. The topological polar surface area (TPSA) is 34.0 Å². The molecule has 70 valence electrons. The largest absolute Gasteiger partial charge is 0.497 e. The van der Waals surface area contributed by atoms with E-state index in [1.54, 1.807) is 7.11 Å². The molecule has 13 heavy (non-hydrogen) atoms. The van der Waals surface area contributed by atoms with E-state index < -0.39 is 0 Å². The predicted molar refractivity (Wildman–Crippen MR) is 52.7 cm³/mol. The highest BCUT2D eigenvalue weighted by Gasteiger charge is 1.92. The van der Waals surface area contributed by atoms with E-state index in [1.165, 1.54) is 0 Å². The summed E-state index contributed by atoms with van der Waals surface area (Å²) < 4.78 is 5.06. The Morgan fingerprint density at radius 1 is 1.38 bits per heavy atom. The van der Waals surface area contributed by atoms with Crippen LogP contribution in [-0.4, -0.2) is 13.7 Å². The molecule has 0 aliphatic rings. The second-order valence-electron chi connectivity index (χ2n) is 2.67. The fourth-order valence-electron chi connectivity index (χ4n) is 0.904. The molecule has 0 spiro atoms. The van der Waals surface area contributed by atoms with Crippen molar-refractivity contribution < 1.29 is 4.74 Å². The molecule has 0 atom stereocenters. The van der Waals surface area contributed by atoms with Crippen molar-refractivity contribution in [1.29, 1.82) is 0 Å². The molecule has 0 aliphatic heterocycles. The van der Waals surface area contributed by atoms with Crippen LogP contribution in [0.3, 0.4) is 0 Å². The first-order valence-corrected chi connectivity index (χ1v) is 4.38. The summed E-state index contributed by atoms with van der Waals surface area (Å²) in [6.45, 7) is 2.85. The lowest BCUT2D eigenvalue weighted by Crippen LogP contribution is -1.80. The first kappa shape index (κ1) is 9.71. The van der Waals surface area contributed by atoms with Gasteiger partial charge >= 0.3 is 0 Å². The molecule has 0 unspecified atom stereocenters. The van der Waals surface area contributed by atoms with Gasteiger partial charge in [0.05, 0.1) is 19.3 Å². The molecule has 0 saturated heterocycles. The zero-order chi connectivity index (χ0) is 9.52. The maximum atomic E-state index is 5.06. The number of benzene rings is 1. The average Bonchev–Trinajstić information content (AvgIpc) is 2.19. The first-order valence-electron chi connectivity index (χ1n) is 4.38. The average molecular weight is 178 g/mol. The van der Waals surface area contributed by atoms with E-state index in [1.807, 2.05) is 24.3 Å². The number of methoxy groups -OCH3 is 1. The first-order chi connectivity index (χ1) is 6.36. The van der Waals surface area contributed by atoms with Crippen molar-refractivity contribution in [1.82, 2.24) is 0 Å². The highest BCUT2D eigenvalue weighted by Crippen LogP contribution is 2.19. The van der Waals surface area contributed by atoms with E-state index in [0.29, 0.717) is 0 Å². The monoisotopic (exact) mass is 178 g/mol. The minimum Gasteiger partial charge on any atom is -0.497 e. The fraction of sp³-hybridized carbons (Fsp3) is 0.400. The van der Waals surface area contributed by atoms with Gasteiger partial charge in [0.15, 0.2) is 0 Å². The summed E-state index contributed by atoms with van der Waals surface area (Å²) in [6, 6.07) is 7.55. The lowest BCUT2D eigenvalue weighted by atomic mass is 10.3. The molecular formula is C10H14N2O. The maximum Gasteiger partial charge on any atom is 0.121 e. The summed E-state index contributed by atoms with van der Waals surface area (Å²) in [5.74, 6) is 0.813. The number of ether oxygens (including phenoxy) is 1. The van der Waals surface area contributed by atoms with Gasteiger partial charge in [0.1, 0.15) is 5.75 Å². The highest BCUT2D eigenvalue weighted by atomic mass is 16.5. The van der Waals surface area contributed by atoms with E-state index in [-0.39, 0.29) is 0 Å². The van der Waals surface area contributed by atoms with Crippen LogP contribution >= 0.6 is 0 Å². The molecule has 3 nitrogen and oxygen atoms in total. The van der Waals surface area contributed by atoms with Crippen LogP contribution in [0.2, 0.25) is 0 Å². The lowest BCUT2D eigenvalue weighted by molar-refractivity contribution is 0.415. The molecule has 1 aromatic carbocycles. The zero-order valence-corrected chi connectivity index (χ0v) is 8.03. The number of nitrogens with zero attached hydrogens (tertiary/aromatic N) is 2. The van der Waals surface area contributed by atoms with Crippen LogP contribution in [0.5, 0.6) is 5.75 Å². The Labute approximate surface area is 78.5 Å². The maximum absolute atomic E-state index is 5.06. The van der Waals surface area contributed by atoms with Crippen LogP contribution < -0.4 is 4.74 Å². The van der Waals surface area contributed by atoms with Crippen LogP contribution in [0.4, 0.5) is 5.69 Å². The van der Waals surface area contributed by atoms with Crippen molar-refractivity contribution in [2.24, 2.45) is 10.2 Å². The summed E-state index contributed by atoms with van der Waals surface area (Å²) in [7, 11) is 1.64. The molecule has 0 aromatic heterocycles. The molecule has 0 saturated carbocycles. The van der Waals surface area contributed by atoms with E-state index in [9.17, 15) is 0 Å². The third-order valence-electron chi connectivity index (χ3n) is 1.56. The van der Waals surface area contributed by atoms with Crippen molar-refractivity contribution in [3.63, 3.8) is 0 Å². The van der Waals surface area contributed by atoms with Crippen molar-refractivity contribution >= 4 is 5.69 Å². The van der Waals surface area contributed by atoms with Gasteiger partial charge in [0.25, 0.3) is 0 Å². The SMILES string of the molecule is CCCN=Nc1cccc(OC)c1. The Hall–Kier alpha value is -1.38. The Morgan fingerprint density at radius 3 is 2.92 bits per heavy atom. The van der Waals surface area contributed by atoms with Gasteiger partial charge in [0.2, 0.25) is 0 Å². The van der Waals surface area contributed by atoms with Crippen LogP contribution in [0.15, 0.2) is 34.5 Å². The number of hydrogen-bond donors (Lipinski definition) is 0. The molecule has 0 N–H and O–H groups in total. The molecule has 0 radical (unpaired) electrons. The minimum atomic E-state index is 0.775. The van der Waals surface area contributed by atoms with Crippen LogP contribution in [0, 0.1) is 0 Å².